The van der Waals surface area contributed by atoms with Gasteiger partial charge in [-0.15, -0.1) is 0 Å². The first-order chi connectivity index (χ1) is 9.08. The van der Waals surface area contributed by atoms with Crippen molar-refractivity contribution in [3.05, 3.63) is 17.8 Å². The van der Waals surface area contributed by atoms with Crippen LogP contribution in [0.2, 0.25) is 0 Å². The second-order valence-corrected chi connectivity index (χ2v) is 5.27. The maximum absolute atomic E-state index is 5.73. The van der Waals surface area contributed by atoms with E-state index in [1.807, 2.05) is 30.8 Å². The van der Waals surface area contributed by atoms with Gasteiger partial charge in [0.15, 0.2) is 0 Å². The molecule has 0 atom stereocenters. The van der Waals surface area contributed by atoms with Gasteiger partial charge >= 0.3 is 0 Å². The van der Waals surface area contributed by atoms with E-state index in [2.05, 4.69) is 27.3 Å². The molecule has 0 spiro atoms. The summed E-state index contributed by atoms with van der Waals surface area (Å²) in [5.41, 5.74) is 6.71. The van der Waals surface area contributed by atoms with Gasteiger partial charge in [-0.25, -0.2) is 4.98 Å². The standard InChI is InChI=1S/C12H18N6S/c1-4-5-14-9-7-10(16-12(13)15-9)19-11-6-8(2)17-18(11)3/h6-7H,4-5H2,1-3H3,(H3,13,14,15,16). The van der Waals surface area contributed by atoms with Crippen molar-refractivity contribution in [1.29, 1.82) is 0 Å². The topological polar surface area (TPSA) is 81.7 Å². The molecule has 2 aromatic heterocycles. The molecule has 3 N–H and O–H groups in total. The van der Waals surface area contributed by atoms with Crippen molar-refractivity contribution in [1.82, 2.24) is 19.7 Å². The molecular weight excluding hydrogens is 260 g/mol. The Bertz CT molecular complexity index is 565. The fourth-order valence-electron chi connectivity index (χ4n) is 1.63. The van der Waals surface area contributed by atoms with Crippen molar-refractivity contribution < 1.29 is 0 Å². The summed E-state index contributed by atoms with van der Waals surface area (Å²) in [5, 5.41) is 9.36. The van der Waals surface area contributed by atoms with Crippen LogP contribution in [0, 0.1) is 6.92 Å². The maximum atomic E-state index is 5.73. The first-order valence-electron chi connectivity index (χ1n) is 6.15. The molecule has 2 aromatic rings. The van der Waals surface area contributed by atoms with Crippen molar-refractivity contribution in [2.45, 2.75) is 30.3 Å². The molecule has 0 unspecified atom stereocenters. The number of nitrogen functional groups attached to an aromatic ring is 1. The number of nitrogens with one attached hydrogen (secondary N) is 1. The van der Waals surface area contributed by atoms with Crippen LogP contribution in [-0.4, -0.2) is 26.3 Å². The molecule has 2 rings (SSSR count). The molecule has 0 aromatic carbocycles. The van der Waals surface area contributed by atoms with Gasteiger partial charge in [0.1, 0.15) is 15.9 Å². The van der Waals surface area contributed by atoms with Gasteiger partial charge < -0.3 is 11.1 Å². The highest BCUT2D eigenvalue weighted by atomic mass is 32.2. The van der Waals surface area contributed by atoms with Gasteiger partial charge in [0.05, 0.1) is 5.69 Å². The third-order valence-corrected chi connectivity index (χ3v) is 3.45. The fraction of sp³-hybridized carbons (Fsp3) is 0.417. The summed E-state index contributed by atoms with van der Waals surface area (Å²) in [6, 6.07) is 3.92. The summed E-state index contributed by atoms with van der Waals surface area (Å²) in [6.45, 7) is 4.93. The number of rotatable bonds is 5. The molecule has 0 aliphatic carbocycles. The predicted molar refractivity (Wildman–Crippen MR) is 77.3 cm³/mol. The van der Waals surface area contributed by atoms with Crippen LogP contribution in [0.5, 0.6) is 0 Å². The highest BCUT2D eigenvalue weighted by Crippen LogP contribution is 2.27. The molecule has 0 aliphatic rings. The Morgan fingerprint density at radius 3 is 2.79 bits per heavy atom. The van der Waals surface area contributed by atoms with Gasteiger partial charge in [0.2, 0.25) is 5.95 Å². The van der Waals surface area contributed by atoms with Crippen LogP contribution in [0.15, 0.2) is 22.2 Å². The van der Waals surface area contributed by atoms with Crippen LogP contribution in [0.3, 0.4) is 0 Å². The van der Waals surface area contributed by atoms with E-state index in [9.17, 15) is 0 Å². The summed E-state index contributed by atoms with van der Waals surface area (Å²) in [5.74, 6) is 1.04. The lowest BCUT2D eigenvalue weighted by Crippen LogP contribution is -2.05. The molecule has 0 saturated carbocycles. The number of hydrogen-bond acceptors (Lipinski definition) is 6. The number of aryl methyl sites for hydroxylation is 2. The van der Waals surface area contributed by atoms with E-state index in [1.165, 1.54) is 11.8 Å². The van der Waals surface area contributed by atoms with Crippen molar-refractivity contribution in [2.24, 2.45) is 7.05 Å². The molecule has 6 nitrogen and oxygen atoms in total. The highest BCUT2D eigenvalue weighted by molar-refractivity contribution is 7.99. The van der Waals surface area contributed by atoms with Crippen LogP contribution >= 0.6 is 11.8 Å². The summed E-state index contributed by atoms with van der Waals surface area (Å²) in [7, 11) is 1.91. The van der Waals surface area contributed by atoms with Gasteiger partial charge in [-0.2, -0.15) is 10.1 Å². The number of nitrogens with two attached hydrogens (primary N) is 1. The van der Waals surface area contributed by atoms with Crippen LogP contribution in [0.1, 0.15) is 19.0 Å². The normalized spacial score (nSPS) is 10.7. The van der Waals surface area contributed by atoms with Crippen molar-refractivity contribution >= 4 is 23.5 Å². The molecule has 0 bridgehead atoms. The molecule has 0 radical (unpaired) electrons. The number of anilines is 2. The lowest BCUT2D eigenvalue weighted by Gasteiger charge is -2.07. The summed E-state index contributed by atoms with van der Waals surface area (Å²) < 4.78 is 1.83. The molecule has 2 heterocycles. The molecule has 7 heteroatoms. The van der Waals surface area contributed by atoms with Gasteiger partial charge in [0, 0.05) is 19.7 Å². The van der Waals surface area contributed by atoms with E-state index in [1.54, 1.807) is 0 Å². The average Bonchev–Trinajstić information content (AvgIpc) is 2.64. The Hall–Kier alpha value is -1.76. The SMILES string of the molecule is CCCNc1cc(Sc2cc(C)nn2C)nc(N)n1. The van der Waals surface area contributed by atoms with Crippen LogP contribution < -0.4 is 11.1 Å². The molecule has 19 heavy (non-hydrogen) atoms. The fourth-order valence-corrected chi connectivity index (χ4v) is 2.55. The smallest absolute Gasteiger partial charge is 0.223 e. The van der Waals surface area contributed by atoms with Gasteiger partial charge in [-0.1, -0.05) is 18.7 Å². The monoisotopic (exact) mass is 278 g/mol. The Labute approximate surface area is 116 Å². The quantitative estimate of drug-likeness (QED) is 0.815. The van der Waals surface area contributed by atoms with E-state index >= 15 is 0 Å². The minimum Gasteiger partial charge on any atom is -0.370 e. The van der Waals surface area contributed by atoms with E-state index in [-0.39, 0.29) is 5.95 Å². The number of aromatic nitrogens is 4. The summed E-state index contributed by atoms with van der Waals surface area (Å²) >= 11 is 1.53. The Morgan fingerprint density at radius 2 is 2.16 bits per heavy atom. The predicted octanol–water partition coefficient (Wildman–Crippen LogP) is 2.07. The van der Waals surface area contributed by atoms with E-state index in [0.717, 1.165) is 34.5 Å². The lowest BCUT2D eigenvalue weighted by atomic mass is 10.4. The largest absolute Gasteiger partial charge is 0.370 e. The lowest BCUT2D eigenvalue weighted by molar-refractivity contribution is 0.692. The molecule has 0 amide bonds. The molecule has 0 aliphatic heterocycles. The van der Waals surface area contributed by atoms with Crippen molar-refractivity contribution in [3.63, 3.8) is 0 Å². The first kappa shape index (κ1) is 13.7. The van der Waals surface area contributed by atoms with Crippen LogP contribution in [0.4, 0.5) is 11.8 Å². The average molecular weight is 278 g/mol. The van der Waals surface area contributed by atoms with E-state index in [4.69, 9.17) is 5.73 Å². The van der Waals surface area contributed by atoms with Gasteiger partial charge in [0.25, 0.3) is 0 Å². The minimum absolute atomic E-state index is 0.280. The minimum atomic E-state index is 0.280. The van der Waals surface area contributed by atoms with Gasteiger partial charge in [-0.3, -0.25) is 4.68 Å². The Kier molecular flexibility index (Phi) is 4.26. The highest BCUT2D eigenvalue weighted by Gasteiger charge is 2.08. The third-order valence-electron chi connectivity index (χ3n) is 2.44. The third kappa shape index (κ3) is 3.60. The second-order valence-electron chi connectivity index (χ2n) is 4.23. The summed E-state index contributed by atoms with van der Waals surface area (Å²) in [6.07, 6.45) is 1.04. The van der Waals surface area contributed by atoms with Crippen LogP contribution in [0.25, 0.3) is 0 Å². The molecular formula is C12H18N6S. The first-order valence-corrected chi connectivity index (χ1v) is 6.97. The van der Waals surface area contributed by atoms with Crippen LogP contribution in [-0.2, 0) is 7.05 Å². The second kappa shape index (κ2) is 5.92. The zero-order valence-electron chi connectivity index (χ0n) is 11.3. The van der Waals surface area contributed by atoms with Crippen molar-refractivity contribution in [3.8, 4) is 0 Å². The summed E-state index contributed by atoms with van der Waals surface area (Å²) in [4.78, 5) is 8.40. The van der Waals surface area contributed by atoms with E-state index in [0.29, 0.717) is 0 Å². The van der Waals surface area contributed by atoms with Crippen molar-refractivity contribution in [2.75, 3.05) is 17.6 Å². The zero-order valence-corrected chi connectivity index (χ0v) is 12.2. The zero-order chi connectivity index (χ0) is 13.8. The Balaban J connectivity index is 2.20. The number of hydrogen-bond donors (Lipinski definition) is 2. The maximum Gasteiger partial charge on any atom is 0.223 e. The van der Waals surface area contributed by atoms with E-state index < -0.39 is 0 Å². The Morgan fingerprint density at radius 1 is 1.37 bits per heavy atom. The molecule has 0 fully saturated rings. The molecule has 0 saturated heterocycles. The molecule has 102 valence electrons. The van der Waals surface area contributed by atoms with Gasteiger partial charge in [-0.05, 0) is 19.4 Å². The number of nitrogens with zero attached hydrogens (tertiary/aromatic N) is 4.